The van der Waals surface area contributed by atoms with E-state index in [0.717, 1.165) is 15.4 Å². The SMILES string of the molecule is Cc1cc(C)c(S(=O)(=O)N2CC(c3ccccc3)CC2=O)c(C)c1. The first-order valence-corrected chi connectivity index (χ1v) is 9.43. The molecule has 2 aromatic carbocycles. The number of nitrogens with zero attached hydrogens (tertiary/aromatic N) is 1. The molecule has 3 rings (SSSR count). The Hall–Kier alpha value is -2.14. The smallest absolute Gasteiger partial charge is 0.267 e. The van der Waals surface area contributed by atoms with Gasteiger partial charge in [-0.25, -0.2) is 12.7 Å². The number of carbonyl (C=O) groups is 1. The fourth-order valence-corrected chi connectivity index (χ4v) is 5.41. The van der Waals surface area contributed by atoms with E-state index in [0.29, 0.717) is 11.1 Å². The molecule has 1 fully saturated rings. The monoisotopic (exact) mass is 343 g/mol. The molecule has 0 bridgehead atoms. The zero-order valence-corrected chi connectivity index (χ0v) is 14.9. The normalized spacial score (nSPS) is 18.2. The molecule has 0 aliphatic carbocycles. The van der Waals surface area contributed by atoms with Gasteiger partial charge in [0.2, 0.25) is 5.91 Å². The molecule has 1 atom stereocenters. The highest BCUT2D eigenvalue weighted by Gasteiger charge is 2.40. The van der Waals surface area contributed by atoms with Gasteiger partial charge in [0.15, 0.2) is 0 Å². The molecule has 2 aromatic rings. The van der Waals surface area contributed by atoms with Crippen LogP contribution in [-0.2, 0) is 14.8 Å². The summed E-state index contributed by atoms with van der Waals surface area (Å²) >= 11 is 0. The number of benzene rings is 2. The summed E-state index contributed by atoms with van der Waals surface area (Å²) in [5.74, 6) is -0.414. The summed E-state index contributed by atoms with van der Waals surface area (Å²) < 4.78 is 27.2. The van der Waals surface area contributed by atoms with Gasteiger partial charge in [-0.1, -0.05) is 48.0 Å². The highest BCUT2D eigenvalue weighted by Crippen LogP contribution is 2.34. The second kappa shape index (κ2) is 6.06. The molecule has 0 aromatic heterocycles. The van der Waals surface area contributed by atoms with Crippen molar-refractivity contribution in [3.8, 4) is 0 Å². The van der Waals surface area contributed by atoms with Crippen LogP contribution >= 0.6 is 0 Å². The predicted octanol–water partition coefficient (Wildman–Crippen LogP) is 3.32. The van der Waals surface area contributed by atoms with Gasteiger partial charge in [0.1, 0.15) is 0 Å². The standard InChI is InChI=1S/C19H21NO3S/c1-13-9-14(2)19(15(3)10-13)24(22,23)20-12-17(11-18(20)21)16-7-5-4-6-8-16/h4-10,17H,11-12H2,1-3H3. The molecule has 1 amide bonds. The number of aryl methyl sites for hydroxylation is 3. The van der Waals surface area contributed by atoms with Crippen LogP contribution in [0.15, 0.2) is 47.4 Å². The summed E-state index contributed by atoms with van der Waals surface area (Å²) in [5, 5.41) is 0. The van der Waals surface area contributed by atoms with E-state index in [-0.39, 0.29) is 29.7 Å². The van der Waals surface area contributed by atoms with Gasteiger partial charge in [-0.05, 0) is 37.5 Å². The third-order valence-corrected chi connectivity index (χ3v) is 6.60. The molecule has 1 saturated heterocycles. The van der Waals surface area contributed by atoms with Crippen molar-refractivity contribution < 1.29 is 13.2 Å². The summed E-state index contributed by atoms with van der Waals surface area (Å²) in [7, 11) is -3.82. The topological polar surface area (TPSA) is 54.5 Å². The fraction of sp³-hybridized carbons (Fsp3) is 0.316. The lowest BCUT2D eigenvalue weighted by atomic mass is 9.99. The lowest BCUT2D eigenvalue weighted by molar-refractivity contribution is -0.123. The maximum Gasteiger partial charge on any atom is 0.267 e. The van der Waals surface area contributed by atoms with Crippen LogP contribution in [0.3, 0.4) is 0 Å². The molecule has 1 aliphatic rings. The highest BCUT2D eigenvalue weighted by atomic mass is 32.2. The minimum atomic E-state index is -3.82. The van der Waals surface area contributed by atoms with Crippen LogP contribution < -0.4 is 0 Å². The number of carbonyl (C=O) groups excluding carboxylic acids is 1. The number of sulfonamides is 1. The molecule has 4 nitrogen and oxygen atoms in total. The molecule has 1 unspecified atom stereocenters. The lowest BCUT2D eigenvalue weighted by Gasteiger charge is -2.20. The quantitative estimate of drug-likeness (QED) is 0.859. The minimum Gasteiger partial charge on any atom is -0.274 e. The number of hydrogen-bond acceptors (Lipinski definition) is 3. The van der Waals surface area contributed by atoms with E-state index in [4.69, 9.17) is 0 Å². The summed E-state index contributed by atoms with van der Waals surface area (Å²) in [6.07, 6.45) is 0.229. The van der Waals surface area contributed by atoms with Gasteiger partial charge in [0.05, 0.1) is 4.90 Å². The Morgan fingerprint density at radius 2 is 1.58 bits per heavy atom. The maximum absolute atomic E-state index is 13.1. The van der Waals surface area contributed by atoms with Crippen LogP contribution in [0.1, 0.15) is 34.6 Å². The summed E-state index contributed by atoms with van der Waals surface area (Å²) in [6, 6.07) is 13.3. The molecule has 0 saturated carbocycles. The molecule has 0 radical (unpaired) electrons. The largest absolute Gasteiger partial charge is 0.274 e. The van der Waals surface area contributed by atoms with Gasteiger partial charge < -0.3 is 0 Å². The predicted molar refractivity (Wildman–Crippen MR) is 93.4 cm³/mol. The Labute approximate surface area is 143 Å². The molecule has 126 valence electrons. The van der Waals surface area contributed by atoms with Gasteiger partial charge in [-0.2, -0.15) is 0 Å². The summed E-state index contributed by atoms with van der Waals surface area (Å²) in [4.78, 5) is 12.7. The van der Waals surface area contributed by atoms with Crippen molar-refractivity contribution >= 4 is 15.9 Å². The van der Waals surface area contributed by atoms with E-state index in [1.54, 1.807) is 13.8 Å². The van der Waals surface area contributed by atoms with Gasteiger partial charge >= 0.3 is 0 Å². The molecule has 1 aliphatic heterocycles. The Bertz CT molecular complexity index is 865. The van der Waals surface area contributed by atoms with Gasteiger partial charge in [-0.15, -0.1) is 0 Å². The first-order chi connectivity index (χ1) is 11.3. The van der Waals surface area contributed by atoms with Crippen molar-refractivity contribution in [2.75, 3.05) is 6.54 Å². The van der Waals surface area contributed by atoms with E-state index < -0.39 is 10.0 Å². The van der Waals surface area contributed by atoms with E-state index in [1.807, 2.05) is 49.4 Å². The van der Waals surface area contributed by atoms with E-state index in [2.05, 4.69) is 0 Å². The molecule has 1 heterocycles. The second-order valence-electron chi connectivity index (χ2n) is 6.47. The zero-order chi connectivity index (χ0) is 17.5. The van der Waals surface area contributed by atoms with E-state index in [1.165, 1.54) is 0 Å². The number of rotatable bonds is 3. The van der Waals surface area contributed by atoms with Gasteiger partial charge in [0.25, 0.3) is 10.0 Å². The first-order valence-electron chi connectivity index (χ1n) is 7.99. The van der Waals surface area contributed by atoms with E-state index >= 15 is 0 Å². The van der Waals surface area contributed by atoms with Crippen LogP contribution in [0.2, 0.25) is 0 Å². The van der Waals surface area contributed by atoms with Gasteiger partial charge in [0, 0.05) is 18.9 Å². The van der Waals surface area contributed by atoms with Crippen molar-refractivity contribution in [2.45, 2.75) is 38.0 Å². The van der Waals surface area contributed by atoms with E-state index in [9.17, 15) is 13.2 Å². The number of hydrogen-bond donors (Lipinski definition) is 0. The maximum atomic E-state index is 13.1. The molecule has 0 spiro atoms. The van der Waals surface area contributed by atoms with Gasteiger partial charge in [-0.3, -0.25) is 4.79 Å². The Kier molecular flexibility index (Phi) is 4.22. The first kappa shape index (κ1) is 16.7. The van der Waals surface area contributed by atoms with Crippen molar-refractivity contribution in [1.29, 1.82) is 0 Å². The molecule has 24 heavy (non-hydrogen) atoms. The van der Waals surface area contributed by atoms with Crippen LogP contribution in [0.5, 0.6) is 0 Å². The Balaban J connectivity index is 1.98. The lowest BCUT2D eigenvalue weighted by Crippen LogP contribution is -2.33. The van der Waals surface area contributed by atoms with Crippen LogP contribution in [0.25, 0.3) is 0 Å². The van der Waals surface area contributed by atoms with Crippen molar-refractivity contribution in [3.63, 3.8) is 0 Å². The fourth-order valence-electron chi connectivity index (χ4n) is 3.54. The molecule has 5 heteroatoms. The van der Waals surface area contributed by atoms with Crippen molar-refractivity contribution in [3.05, 3.63) is 64.7 Å². The Morgan fingerprint density at radius 1 is 1.00 bits per heavy atom. The third kappa shape index (κ3) is 2.84. The minimum absolute atomic E-state index is 0.0838. The third-order valence-electron chi connectivity index (χ3n) is 4.51. The van der Waals surface area contributed by atoms with Crippen LogP contribution in [0, 0.1) is 20.8 Å². The molecular formula is C19H21NO3S. The van der Waals surface area contributed by atoms with Crippen molar-refractivity contribution in [1.82, 2.24) is 4.31 Å². The molecule has 0 N–H and O–H groups in total. The summed E-state index contributed by atoms with van der Waals surface area (Å²) in [6.45, 7) is 5.70. The molecular weight excluding hydrogens is 322 g/mol. The highest BCUT2D eigenvalue weighted by molar-refractivity contribution is 7.89. The van der Waals surface area contributed by atoms with Crippen molar-refractivity contribution in [2.24, 2.45) is 0 Å². The average molecular weight is 343 g/mol. The average Bonchev–Trinajstić information content (AvgIpc) is 2.89. The zero-order valence-electron chi connectivity index (χ0n) is 14.1. The van der Waals surface area contributed by atoms with Crippen LogP contribution in [-0.4, -0.2) is 25.2 Å². The summed E-state index contributed by atoms with van der Waals surface area (Å²) in [5.41, 5.74) is 3.38. The second-order valence-corrected chi connectivity index (χ2v) is 8.27. The number of amides is 1. The Morgan fingerprint density at radius 3 is 2.17 bits per heavy atom. The van der Waals surface area contributed by atoms with Crippen LogP contribution in [0.4, 0.5) is 0 Å².